The van der Waals surface area contributed by atoms with Crippen LogP contribution in [0.3, 0.4) is 0 Å². The first kappa shape index (κ1) is 20.3. The molecule has 0 bridgehead atoms. The number of amides is 1. The summed E-state index contributed by atoms with van der Waals surface area (Å²) in [5.74, 6) is 2.11. The average Bonchev–Trinajstić information content (AvgIpc) is 2.97. The summed E-state index contributed by atoms with van der Waals surface area (Å²) in [5.41, 5.74) is 2.43. The van der Waals surface area contributed by atoms with Gasteiger partial charge in [-0.05, 0) is 50.2 Å². The van der Waals surface area contributed by atoms with Gasteiger partial charge in [0.15, 0.2) is 11.0 Å². The average molecular weight is 438 g/mol. The molecule has 7 nitrogen and oxygen atoms in total. The number of para-hydroxylation sites is 1. The van der Waals surface area contributed by atoms with Gasteiger partial charge in [-0.25, -0.2) is 4.98 Å². The molecule has 0 saturated carbocycles. The number of carbonyl (C=O) groups excluding carboxylic acids is 1. The number of aromatic nitrogens is 4. The minimum absolute atomic E-state index is 0.0794. The number of hydrogen-bond donors (Lipinski definition) is 1. The van der Waals surface area contributed by atoms with Crippen LogP contribution >= 0.6 is 11.8 Å². The summed E-state index contributed by atoms with van der Waals surface area (Å²) >= 11 is 1.75. The fraction of sp³-hybridized carbons (Fsp3) is 0.478. The van der Waals surface area contributed by atoms with E-state index in [4.69, 9.17) is 4.98 Å². The molecule has 0 spiro atoms. The van der Waals surface area contributed by atoms with Gasteiger partial charge in [-0.2, -0.15) is 4.68 Å². The van der Waals surface area contributed by atoms with Crippen molar-refractivity contribution in [2.45, 2.75) is 56.6 Å². The molecular weight excluding hydrogens is 410 g/mol. The van der Waals surface area contributed by atoms with Crippen LogP contribution < -0.4 is 10.9 Å². The number of nitrogens with one attached hydrogen (secondary N) is 1. The number of nitrogens with zero attached hydrogens (tertiary/aromatic N) is 4. The Labute approximate surface area is 185 Å². The molecule has 4 aliphatic rings. The van der Waals surface area contributed by atoms with E-state index in [2.05, 4.69) is 15.0 Å². The highest BCUT2D eigenvalue weighted by Gasteiger charge is 2.27. The molecule has 4 aliphatic heterocycles. The van der Waals surface area contributed by atoms with Crippen LogP contribution in [0.25, 0.3) is 17.1 Å². The van der Waals surface area contributed by atoms with Crippen molar-refractivity contribution < 1.29 is 4.79 Å². The summed E-state index contributed by atoms with van der Waals surface area (Å²) in [6, 6.07) is 9.56. The Morgan fingerprint density at radius 3 is 2.81 bits per heavy atom. The van der Waals surface area contributed by atoms with Gasteiger partial charge < -0.3 is 9.88 Å². The Morgan fingerprint density at radius 2 is 1.94 bits per heavy atom. The maximum atomic E-state index is 13.3. The van der Waals surface area contributed by atoms with Gasteiger partial charge >= 0.3 is 0 Å². The number of fused-ring (bicyclic) bond motifs is 3. The van der Waals surface area contributed by atoms with E-state index in [-0.39, 0.29) is 11.5 Å². The van der Waals surface area contributed by atoms with Crippen LogP contribution in [0, 0.1) is 5.92 Å². The van der Waals surface area contributed by atoms with E-state index in [9.17, 15) is 9.59 Å². The van der Waals surface area contributed by atoms with Crippen molar-refractivity contribution in [3.05, 3.63) is 46.4 Å². The van der Waals surface area contributed by atoms with Gasteiger partial charge in [-0.15, -0.1) is 5.10 Å². The first-order valence-electron chi connectivity index (χ1n) is 11.2. The molecule has 4 heterocycles. The van der Waals surface area contributed by atoms with Crippen LogP contribution in [0.2, 0.25) is 0 Å². The quantitative estimate of drug-likeness (QED) is 0.500. The Kier molecular flexibility index (Phi) is 5.80. The van der Waals surface area contributed by atoms with Gasteiger partial charge in [0.1, 0.15) is 5.56 Å². The Bertz CT molecular complexity index is 1110. The first-order valence-corrected chi connectivity index (χ1v) is 12.2. The van der Waals surface area contributed by atoms with Crippen LogP contribution in [0.4, 0.5) is 0 Å². The zero-order valence-electron chi connectivity index (χ0n) is 17.5. The van der Waals surface area contributed by atoms with E-state index in [0.29, 0.717) is 23.7 Å². The molecule has 1 amide bonds. The van der Waals surface area contributed by atoms with E-state index >= 15 is 0 Å². The SMILES string of the molecule is O=C1CCC(CSc2nc3nn(-c4ccccc4)c(=O)c-3c3n2CCCCC3)CCN1. The smallest absolute Gasteiger partial charge is 0.284 e. The lowest BCUT2D eigenvalue weighted by Crippen LogP contribution is -2.21. The maximum absolute atomic E-state index is 13.3. The number of benzene rings is 1. The summed E-state index contributed by atoms with van der Waals surface area (Å²) < 4.78 is 3.75. The second kappa shape index (κ2) is 8.86. The topological polar surface area (TPSA) is 81.8 Å². The highest BCUT2D eigenvalue weighted by molar-refractivity contribution is 7.99. The molecule has 1 aromatic carbocycles. The third kappa shape index (κ3) is 4.13. The second-order valence-electron chi connectivity index (χ2n) is 8.41. The highest BCUT2D eigenvalue weighted by atomic mass is 32.2. The molecule has 1 atom stereocenters. The van der Waals surface area contributed by atoms with Crippen molar-refractivity contribution in [1.29, 1.82) is 0 Å². The van der Waals surface area contributed by atoms with Crippen LogP contribution in [0.1, 0.15) is 44.2 Å². The molecule has 1 N–H and O–H groups in total. The van der Waals surface area contributed by atoms with Gasteiger partial charge in [0, 0.05) is 31.0 Å². The molecule has 0 aliphatic carbocycles. The molecule has 5 rings (SSSR count). The largest absolute Gasteiger partial charge is 0.356 e. The predicted octanol–water partition coefficient (Wildman–Crippen LogP) is 3.27. The summed E-state index contributed by atoms with van der Waals surface area (Å²) in [4.78, 5) is 29.8. The van der Waals surface area contributed by atoms with Crippen molar-refractivity contribution in [1.82, 2.24) is 24.6 Å². The Morgan fingerprint density at radius 1 is 1.06 bits per heavy atom. The van der Waals surface area contributed by atoms with E-state index in [1.807, 2.05) is 30.3 Å². The third-order valence-electron chi connectivity index (χ3n) is 6.27. The number of thioether (sulfide) groups is 1. The minimum Gasteiger partial charge on any atom is -0.356 e. The molecule has 0 radical (unpaired) electrons. The second-order valence-corrected chi connectivity index (χ2v) is 9.40. The lowest BCUT2D eigenvalue weighted by molar-refractivity contribution is -0.120. The summed E-state index contributed by atoms with van der Waals surface area (Å²) in [6.45, 7) is 1.64. The zero-order valence-corrected chi connectivity index (χ0v) is 18.4. The van der Waals surface area contributed by atoms with E-state index in [1.54, 1.807) is 11.8 Å². The molecule has 1 unspecified atom stereocenters. The lowest BCUT2D eigenvalue weighted by Gasteiger charge is -2.19. The number of carbonyl (C=O) groups is 1. The van der Waals surface area contributed by atoms with Crippen LogP contribution in [-0.4, -0.2) is 37.5 Å². The fourth-order valence-corrected chi connectivity index (χ4v) is 5.78. The standard InChI is InChI=1S/C23H27N5O2S/c29-19-11-10-16(12-13-24-19)15-31-23-25-21-20(18-9-5-2-6-14-27(18)23)22(30)28(26-21)17-7-3-1-4-8-17/h1,3-4,7-8,16H,2,5-6,9-15H2,(H,24,29). The maximum Gasteiger partial charge on any atom is 0.284 e. The number of hydrogen-bond acceptors (Lipinski definition) is 5. The van der Waals surface area contributed by atoms with Gasteiger partial charge in [-0.3, -0.25) is 9.59 Å². The minimum atomic E-state index is -0.0794. The first-order chi connectivity index (χ1) is 15.2. The van der Waals surface area contributed by atoms with Crippen molar-refractivity contribution in [2.75, 3.05) is 12.3 Å². The van der Waals surface area contributed by atoms with Crippen LogP contribution in [0.15, 0.2) is 40.3 Å². The third-order valence-corrected chi connectivity index (χ3v) is 7.48. The van der Waals surface area contributed by atoms with Crippen LogP contribution in [-0.2, 0) is 17.8 Å². The van der Waals surface area contributed by atoms with Gasteiger partial charge in [0.2, 0.25) is 5.91 Å². The Balaban J connectivity index is 1.52. The lowest BCUT2D eigenvalue weighted by atomic mass is 10.0. The highest BCUT2D eigenvalue weighted by Crippen LogP contribution is 2.32. The molecule has 1 fully saturated rings. The summed E-state index contributed by atoms with van der Waals surface area (Å²) in [5, 5.41) is 8.53. The van der Waals surface area contributed by atoms with Crippen molar-refractivity contribution in [3.63, 3.8) is 0 Å². The van der Waals surface area contributed by atoms with Gasteiger partial charge in [-0.1, -0.05) is 36.4 Å². The monoisotopic (exact) mass is 437 g/mol. The molecular formula is C23H27N5O2S. The summed E-state index contributed by atoms with van der Waals surface area (Å²) in [6.07, 6.45) is 6.73. The van der Waals surface area contributed by atoms with Crippen molar-refractivity contribution in [3.8, 4) is 17.1 Å². The normalized spacial score (nSPS) is 19.5. The van der Waals surface area contributed by atoms with E-state index in [0.717, 1.165) is 73.9 Å². The Hall–Kier alpha value is -2.61. The van der Waals surface area contributed by atoms with Gasteiger partial charge in [0.05, 0.1) is 5.69 Å². The molecule has 1 aromatic rings. The molecule has 31 heavy (non-hydrogen) atoms. The number of rotatable bonds is 4. The zero-order chi connectivity index (χ0) is 21.2. The van der Waals surface area contributed by atoms with Crippen LogP contribution in [0.5, 0.6) is 0 Å². The van der Waals surface area contributed by atoms with E-state index < -0.39 is 0 Å². The van der Waals surface area contributed by atoms with Crippen molar-refractivity contribution in [2.24, 2.45) is 5.92 Å². The molecule has 8 heteroatoms. The summed E-state index contributed by atoms with van der Waals surface area (Å²) in [7, 11) is 0. The molecule has 162 valence electrons. The van der Waals surface area contributed by atoms with Gasteiger partial charge in [0.25, 0.3) is 5.56 Å². The van der Waals surface area contributed by atoms with E-state index in [1.165, 1.54) is 4.68 Å². The predicted molar refractivity (Wildman–Crippen MR) is 121 cm³/mol. The molecule has 1 saturated heterocycles. The fourth-order valence-electron chi connectivity index (χ4n) is 4.55. The molecule has 0 aromatic heterocycles. The van der Waals surface area contributed by atoms with Crippen molar-refractivity contribution >= 4 is 17.7 Å².